The van der Waals surface area contributed by atoms with Crippen molar-refractivity contribution in [1.82, 2.24) is 5.32 Å². The monoisotopic (exact) mass is 353 g/mol. The number of hydrogen-bond donors (Lipinski definition) is 2. The summed E-state index contributed by atoms with van der Waals surface area (Å²) in [5.74, 6) is 2.51. The molecule has 0 aromatic heterocycles. The SMILES string of the molecule is O=C(O)CCC(Cc1ccccc1)NC(=O)CC1CSCCS1. The minimum Gasteiger partial charge on any atom is -0.481 e. The molecular weight excluding hydrogens is 330 g/mol. The Labute approximate surface area is 145 Å². The number of rotatable bonds is 8. The smallest absolute Gasteiger partial charge is 0.303 e. The van der Waals surface area contributed by atoms with Crippen molar-refractivity contribution in [1.29, 1.82) is 0 Å². The molecule has 1 amide bonds. The van der Waals surface area contributed by atoms with Crippen LogP contribution in [0.5, 0.6) is 0 Å². The van der Waals surface area contributed by atoms with Gasteiger partial charge in [0, 0.05) is 41.4 Å². The van der Waals surface area contributed by atoms with Gasteiger partial charge in [0.15, 0.2) is 0 Å². The Morgan fingerprint density at radius 2 is 2.04 bits per heavy atom. The standard InChI is InChI=1S/C17H23NO3S2/c19-16(11-15-12-22-8-9-23-15)18-14(6-7-17(20)21)10-13-4-2-1-3-5-13/h1-5,14-15H,6-12H2,(H,18,19)(H,20,21). The van der Waals surface area contributed by atoms with Crippen LogP contribution in [0.2, 0.25) is 0 Å². The summed E-state index contributed by atoms with van der Waals surface area (Å²) in [6.45, 7) is 0. The number of carboxylic acids is 1. The van der Waals surface area contributed by atoms with Gasteiger partial charge in [0.1, 0.15) is 0 Å². The summed E-state index contributed by atoms with van der Waals surface area (Å²) in [5.41, 5.74) is 1.12. The third-order valence-corrected chi connectivity index (χ3v) is 6.54. The van der Waals surface area contributed by atoms with E-state index in [0.29, 0.717) is 24.5 Å². The predicted octanol–water partition coefficient (Wildman–Crippen LogP) is 2.82. The first-order valence-electron chi connectivity index (χ1n) is 7.88. The maximum atomic E-state index is 12.3. The highest BCUT2D eigenvalue weighted by Crippen LogP contribution is 2.26. The highest BCUT2D eigenvalue weighted by molar-refractivity contribution is 8.06. The fourth-order valence-electron chi connectivity index (χ4n) is 2.57. The molecule has 0 spiro atoms. The first-order valence-corrected chi connectivity index (χ1v) is 10.1. The average Bonchev–Trinajstić information content (AvgIpc) is 2.54. The number of nitrogens with one attached hydrogen (secondary N) is 1. The van der Waals surface area contributed by atoms with Crippen LogP contribution in [0.15, 0.2) is 30.3 Å². The number of carbonyl (C=O) groups excluding carboxylic acids is 1. The second-order valence-electron chi connectivity index (χ2n) is 5.66. The Bertz CT molecular complexity index is 504. The van der Waals surface area contributed by atoms with Crippen LogP contribution < -0.4 is 5.32 Å². The molecule has 0 radical (unpaired) electrons. The van der Waals surface area contributed by atoms with E-state index >= 15 is 0 Å². The summed E-state index contributed by atoms with van der Waals surface area (Å²) < 4.78 is 0. The van der Waals surface area contributed by atoms with E-state index < -0.39 is 5.97 Å². The molecule has 2 atom stereocenters. The number of carbonyl (C=O) groups is 2. The summed E-state index contributed by atoms with van der Waals surface area (Å²) in [6, 6.07) is 9.76. The maximum absolute atomic E-state index is 12.3. The van der Waals surface area contributed by atoms with Crippen LogP contribution in [0.3, 0.4) is 0 Å². The van der Waals surface area contributed by atoms with Crippen LogP contribution >= 0.6 is 23.5 Å². The van der Waals surface area contributed by atoms with Crippen molar-refractivity contribution in [2.75, 3.05) is 17.3 Å². The molecule has 4 nitrogen and oxygen atoms in total. The summed E-state index contributed by atoms with van der Waals surface area (Å²) in [5, 5.41) is 12.3. The van der Waals surface area contributed by atoms with Crippen LogP contribution in [0.25, 0.3) is 0 Å². The molecule has 6 heteroatoms. The molecule has 0 saturated carbocycles. The molecule has 23 heavy (non-hydrogen) atoms. The first-order chi connectivity index (χ1) is 11.1. The Morgan fingerprint density at radius 3 is 2.70 bits per heavy atom. The minimum absolute atomic E-state index is 0.0383. The highest BCUT2D eigenvalue weighted by Gasteiger charge is 2.20. The molecule has 1 aromatic carbocycles. The molecule has 0 aliphatic carbocycles. The van der Waals surface area contributed by atoms with E-state index in [1.54, 1.807) is 0 Å². The average molecular weight is 354 g/mol. The van der Waals surface area contributed by atoms with Gasteiger partial charge >= 0.3 is 5.97 Å². The van der Waals surface area contributed by atoms with Gasteiger partial charge in [-0.15, -0.1) is 0 Å². The lowest BCUT2D eigenvalue weighted by atomic mass is 10.0. The third kappa shape index (κ3) is 7.31. The van der Waals surface area contributed by atoms with Crippen molar-refractivity contribution in [2.24, 2.45) is 0 Å². The van der Waals surface area contributed by atoms with Gasteiger partial charge in [0.2, 0.25) is 5.91 Å². The molecule has 2 rings (SSSR count). The van der Waals surface area contributed by atoms with Gasteiger partial charge in [-0.1, -0.05) is 30.3 Å². The van der Waals surface area contributed by atoms with Crippen LogP contribution in [-0.2, 0) is 16.0 Å². The highest BCUT2D eigenvalue weighted by atomic mass is 32.2. The van der Waals surface area contributed by atoms with Gasteiger partial charge in [0.25, 0.3) is 0 Å². The molecule has 126 valence electrons. The molecule has 1 aliphatic rings. The topological polar surface area (TPSA) is 66.4 Å². The van der Waals surface area contributed by atoms with E-state index in [1.165, 1.54) is 0 Å². The van der Waals surface area contributed by atoms with Crippen molar-refractivity contribution in [3.05, 3.63) is 35.9 Å². The maximum Gasteiger partial charge on any atom is 0.303 e. The number of thioether (sulfide) groups is 2. The zero-order chi connectivity index (χ0) is 16.5. The molecule has 1 fully saturated rings. The zero-order valence-corrected chi connectivity index (χ0v) is 14.7. The van der Waals surface area contributed by atoms with E-state index in [1.807, 2.05) is 53.9 Å². The lowest BCUT2D eigenvalue weighted by Gasteiger charge is -2.23. The number of hydrogen-bond acceptors (Lipinski definition) is 4. The largest absolute Gasteiger partial charge is 0.481 e. The third-order valence-electron chi connectivity index (χ3n) is 3.69. The van der Waals surface area contributed by atoms with Gasteiger partial charge in [-0.05, 0) is 18.4 Å². The number of carboxylic acid groups (broad SMARTS) is 1. The molecule has 1 aromatic rings. The summed E-state index contributed by atoms with van der Waals surface area (Å²) in [4.78, 5) is 23.1. The Balaban J connectivity index is 1.87. The fourth-order valence-corrected chi connectivity index (χ4v) is 5.25. The van der Waals surface area contributed by atoms with E-state index in [-0.39, 0.29) is 18.4 Å². The Morgan fingerprint density at radius 1 is 1.26 bits per heavy atom. The lowest BCUT2D eigenvalue weighted by molar-refractivity contribution is -0.137. The number of aliphatic carboxylic acids is 1. The second kappa shape index (κ2) is 9.88. The van der Waals surface area contributed by atoms with Crippen molar-refractivity contribution < 1.29 is 14.7 Å². The van der Waals surface area contributed by atoms with E-state index in [0.717, 1.165) is 22.8 Å². The van der Waals surface area contributed by atoms with Crippen LogP contribution in [0.4, 0.5) is 0 Å². The van der Waals surface area contributed by atoms with Crippen LogP contribution in [0, 0.1) is 0 Å². The first kappa shape index (κ1) is 18.2. The molecule has 1 heterocycles. The number of amides is 1. The summed E-state index contributed by atoms with van der Waals surface area (Å²) in [6.07, 6.45) is 1.73. The van der Waals surface area contributed by atoms with Crippen LogP contribution in [0.1, 0.15) is 24.8 Å². The normalized spacial score (nSPS) is 19.0. The summed E-state index contributed by atoms with van der Waals surface area (Å²) >= 11 is 3.77. The van der Waals surface area contributed by atoms with Crippen molar-refractivity contribution in [2.45, 2.75) is 37.0 Å². The lowest BCUT2D eigenvalue weighted by Crippen LogP contribution is -2.38. The van der Waals surface area contributed by atoms with Crippen molar-refractivity contribution in [3.8, 4) is 0 Å². The molecule has 1 saturated heterocycles. The molecule has 2 unspecified atom stereocenters. The Hall–Kier alpha value is -1.14. The molecule has 2 N–H and O–H groups in total. The van der Waals surface area contributed by atoms with E-state index in [4.69, 9.17) is 5.11 Å². The van der Waals surface area contributed by atoms with E-state index in [2.05, 4.69) is 5.32 Å². The van der Waals surface area contributed by atoms with Crippen LogP contribution in [-0.4, -0.2) is 45.5 Å². The molecular formula is C17H23NO3S2. The van der Waals surface area contributed by atoms with Gasteiger partial charge in [-0.3, -0.25) is 9.59 Å². The molecule has 1 aliphatic heterocycles. The fraction of sp³-hybridized carbons (Fsp3) is 0.529. The van der Waals surface area contributed by atoms with Crippen molar-refractivity contribution >= 4 is 35.4 Å². The number of benzene rings is 1. The summed E-state index contributed by atoms with van der Waals surface area (Å²) in [7, 11) is 0. The Kier molecular flexibility index (Phi) is 7.82. The van der Waals surface area contributed by atoms with Gasteiger partial charge in [-0.25, -0.2) is 0 Å². The quantitative estimate of drug-likeness (QED) is 0.752. The predicted molar refractivity (Wildman–Crippen MR) is 97.1 cm³/mol. The molecule has 0 bridgehead atoms. The zero-order valence-electron chi connectivity index (χ0n) is 13.1. The van der Waals surface area contributed by atoms with Gasteiger partial charge in [0.05, 0.1) is 0 Å². The second-order valence-corrected chi connectivity index (χ2v) is 8.22. The van der Waals surface area contributed by atoms with Gasteiger partial charge < -0.3 is 10.4 Å². The minimum atomic E-state index is -0.823. The van der Waals surface area contributed by atoms with E-state index in [9.17, 15) is 9.59 Å². The van der Waals surface area contributed by atoms with Crippen molar-refractivity contribution in [3.63, 3.8) is 0 Å². The van der Waals surface area contributed by atoms with Gasteiger partial charge in [-0.2, -0.15) is 23.5 Å².